The largest absolute Gasteiger partial charge is 0.488 e. The third-order valence-electron chi connectivity index (χ3n) is 2.94. The van der Waals surface area contributed by atoms with Gasteiger partial charge in [0.25, 0.3) is 5.78 Å². The second kappa shape index (κ2) is 3.52. The number of benzene rings is 1. The molecule has 0 amide bonds. The zero-order valence-corrected chi connectivity index (χ0v) is 10.8. The van der Waals surface area contributed by atoms with Crippen molar-refractivity contribution in [3.05, 3.63) is 40.8 Å². The molecule has 0 unspecified atom stereocenters. The Morgan fingerprint density at radius 2 is 2.28 bits per heavy atom. The van der Waals surface area contributed by atoms with Crippen LogP contribution in [0.2, 0.25) is 0 Å². The molecule has 0 saturated heterocycles. The van der Waals surface area contributed by atoms with Gasteiger partial charge in [0.05, 0.1) is 5.69 Å². The van der Waals surface area contributed by atoms with E-state index in [0.29, 0.717) is 12.4 Å². The van der Waals surface area contributed by atoms with Gasteiger partial charge < -0.3 is 4.74 Å². The average Bonchev–Trinajstić information content (AvgIpc) is 2.83. The summed E-state index contributed by atoms with van der Waals surface area (Å²) in [6.45, 7) is 0.519. The molecule has 88 valence electrons. The van der Waals surface area contributed by atoms with Crippen LogP contribution in [-0.4, -0.2) is 19.6 Å². The second-order valence-electron chi connectivity index (χ2n) is 4.08. The van der Waals surface area contributed by atoms with Gasteiger partial charge in [0.2, 0.25) is 0 Å². The molecule has 3 heterocycles. The van der Waals surface area contributed by atoms with E-state index in [9.17, 15) is 0 Å². The second-order valence-corrected chi connectivity index (χ2v) is 5.00. The summed E-state index contributed by atoms with van der Waals surface area (Å²) in [5.74, 6) is 1.45. The summed E-state index contributed by atoms with van der Waals surface area (Å²) in [6.07, 6.45) is 3.60. The van der Waals surface area contributed by atoms with E-state index < -0.39 is 0 Å². The van der Waals surface area contributed by atoms with Gasteiger partial charge >= 0.3 is 0 Å². The number of halogens is 1. The maximum absolute atomic E-state index is 5.72. The van der Waals surface area contributed by atoms with Gasteiger partial charge in [-0.25, -0.2) is 4.98 Å². The molecule has 0 aliphatic carbocycles. The fourth-order valence-electron chi connectivity index (χ4n) is 2.12. The quantitative estimate of drug-likeness (QED) is 0.640. The SMILES string of the molecule is Brc1ccc2c(c1)-c1nc3nncn3cc1CO2. The van der Waals surface area contributed by atoms with Crippen molar-refractivity contribution >= 4 is 21.7 Å². The highest BCUT2D eigenvalue weighted by Crippen LogP contribution is 2.37. The highest BCUT2D eigenvalue weighted by molar-refractivity contribution is 9.10. The Kier molecular flexibility index (Phi) is 1.96. The lowest BCUT2D eigenvalue weighted by Crippen LogP contribution is -2.09. The van der Waals surface area contributed by atoms with E-state index in [0.717, 1.165) is 27.0 Å². The van der Waals surface area contributed by atoms with Gasteiger partial charge in [0.15, 0.2) is 0 Å². The Labute approximate surface area is 111 Å². The molecule has 2 aromatic heterocycles. The van der Waals surface area contributed by atoms with Gasteiger partial charge in [-0.3, -0.25) is 4.40 Å². The molecule has 6 heteroatoms. The third-order valence-corrected chi connectivity index (χ3v) is 3.44. The van der Waals surface area contributed by atoms with Crippen LogP contribution in [0, 0.1) is 0 Å². The van der Waals surface area contributed by atoms with Crippen molar-refractivity contribution < 1.29 is 4.74 Å². The summed E-state index contributed by atoms with van der Waals surface area (Å²) in [5.41, 5.74) is 2.93. The first-order valence-corrected chi connectivity index (χ1v) is 6.22. The Bertz CT molecular complexity index is 768. The molecule has 0 spiro atoms. The first-order chi connectivity index (χ1) is 8.81. The zero-order valence-electron chi connectivity index (χ0n) is 9.17. The topological polar surface area (TPSA) is 52.3 Å². The molecule has 3 aromatic rings. The number of hydrogen-bond donors (Lipinski definition) is 0. The van der Waals surface area contributed by atoms with Crippen LogP contribution in [0.4, 0.5) is 0 Å². The highest BCUT2D eigenvalue weighted by Gasteiger charge is 2.20. The number of hydrogen-bond acceptors (Lipinski definition) is 4. The van der Waals surface area contributed by atoms with Gasteiger partial charge in [-0.2, -0.15) is 0 Å². The summed E-state index contributed by atoms with van der Waals surface area (Å²) in [5, 5.41) is 7.82. The Balaban J connectivity index is 2.06. The molecule has 0 atom stereocenters. The van der Waals surface area contributed by atoms with Crippen LogP contribution in [0.15, 0.2) is 35.2 Å². The molecule has 0 saturated carbocycles. The lowest BCUT2D eigenvalue weighted by Gasteiger charge is -2.19. The van der Waals surface area contributed by atoms with Crippen molar-refractivity contribution in [1.82, 2.24) is 19.6 Å². The minimum atomic E-state index is 0.519. The van der Waals surface area contributed by atoms with E-state index in [1.807, 2.05) is 24.4 Å². The summed E-state index contributed by atoms with van der Waals surface area (Å²) < 4.78 is 8.51. The van der Waals surface area contributed by atoms with Crippen molar-refractivity contribution in [2.24, 2.45) is 0 Å². The van der Waals surface area contributed by atoms with Gasteiger partial charge in [-0.1, -0.05) is 15.9 Å². The Hall–Kier alpha value is -1.95. The van der Waals surface area contributed by atoms with Crippen LogP contribution in [0.1, 0.15) is 5.56 Å². The number of ether oxygens (including phenoxy) is 1. The molecule has 18 heavy (non-hydrogen) atoms. The minimum absolute atomic E-state index is 0.519. The van der Waals surface area contributed by atoms with Gasteiger partial charge in [0.1, 0.15) is 18.7 Å². The van der Waals surface area contributed by atoms with Crippen LogP contribution in [0.5, 0.6) is 5.75 Å². The van der Waals surface area contributed by atoms with Crippen LogP contribution in [-0.2, 0) is 6.61 Å². The molecular formula is C12H7BrN4O. The number of rotatable bonds is 0. The van der Waals surface area contributed by atoms with E-state index in [-0.39, 0.29) is 0 Å². The van der Waals surface area contributed by atoms with Crippen molar-refractivity contribution in [3.63, 3.8) is 0 Å². The highest BCUT2D eigenvalue weighted by atomic mass is 79.9. The van der Waals surface area contributed by atoms with Crippen LogP contribution >= 0.6 is 15.9 Å². The normalized spacial score (nSPS) is 12.9. The van der Waals surface area contributed by atoms with E-state index >= 15 is 0 Å². The lowest BCUT2D eigenvalue weighted by atomic mass is 10.0. The number of aromatic nitrogens is 4. The van der Waals surface area contributed by atoms with Crippen molar-refractivity contribution in [3.8, 4) is 17.0 Å². The van der Waals surface area contributed by atoms with Gasteiger partial charge in [-0.05, 0) is 18.2 Å². The monoisotopic (exact) mass is 302 g/mol. The maximum Gasteiger partial charge on any atom is 0.255 e. The first kappa shape index (κ1) is 10.0. The summed E-state index contributed by atoms with van der Waals surface area (Å²) >= 11 is 3.47. The lowest BCUT2D eigenvalue weighted by molar-refractivity contribution is 0.301. The molecule has 1 aliphatic heterocycles. The van der Waals surface area contributed by atoms with Crippen LogP contribution in [0.3, 0.4) is 0 Å². The molecule has 1 aliphatic rings. The summed E-state index contributed by atoms with van der Waals surface area (Å²) in [6, 6.07) is 5.91. The fourth-order valence-corrected chi connectivity index (χ4v) is 2.48. The molecule has 0 bridgehead atoms. The Morgan fingerprint density at radius 1 is 1.33 bits per heavy atom. The van der Waals surface area contributed by atoms with Crippen molar-refractivity contribution in [2.45, 2.75) is 6.61 Å². The van der Waals surface area contributed by atoms with Crippen LogP contribution < -0.4 is 4.74 Å². The molecule has 0 radical (unpaired) electrons. The smallest absolute Gasteiger partial charge is 0.255 e. The summed E-state index contributed by atoms with van der Waals surface area (Å²) in [7, 11) is 0. The predicted octanol–water partition coefficient (Wildman–Crippen LogP) is 2.45. The standard InChI is InChI=1S/C12H7BrN4O/c13-8-1-2-10-9(3-8)11-7(5-18-10)4-17-6-14-16-12(17)15-11/h1-4,6H,5H2. The van der Waals surface area contributed by atoms with Crippen LogP contribution in [0.25, 0.3) is 17.0 Å². The first-order valence-electron chi connectivity index (χ1n) is 5.43. The molecule has 0 N–H and O–H groups in total. The zero-order chi connectivity index (χ0) is 12.1. The maximum atomic E-state index is 5.72. The number of nitrogens with zero attached hydrogens (tertiary/aromatic N) is 4. The van der Waals surface area contributed by atoms with E-state index in [4.69, 9.17) is 4.74 Å². The van der Waals surface area contributed by atoms with E-state index in [1.165, 1.54) is 0 Å². The molecule has 0 fully saturated rings. The van der Waals surface area contributed by atoms with E-state index in [2.05, 4.69) is 31.1 Å². The third kappa shape index (κ3) is 1.35. The fraction of sp³-hybridized carbons (Fsp3) is 0.0833. The average molecular weight is 303 g/mol. The minimum Gasteiger partial charge on any atom is -0.488 e. The van der Waals surface area contributed by atoms with E-state index in [1.54, 1.807) is 10.7 Å². The van der Waals surface area contributed by atoms with Crippen molar-refractivity contribution in [1.29, 1.82) is 0 Å². The molecule has 4 rings (SSSR count). The molecule has 5 nitrogen and oxygen atoms in total. The predicted molar refractivity (Wildman–Crippen MR) is 68.3 cm³/mol. The Morgan fingerprint density at radius 3 is 3.22 bits per heavy atom. The number of fused-ring (bicyclic) bond motifs is 4. The molecule has 1 aromatic carbocycles. The van der Waals surface area contributed by atoms with Crippen molar-refractivity contribution in [2.75, 3.05) is 0 Å². The molecular weight excluding hydrogens is 296 g/mol. The van der Waals surface area contributed by atoms with Gasteiger partial charge in [-0.15, -0.1) is 10.2 Å². The summed E-state index contributed by atoms with van der Waals surface area (Å²) in [4.78, 5) is 4.55. The van der Waals surface area contributed by atoms with Gasteiger partial charge in [0, 0.05) is 21.8 Å².